The van der Waals surface area contributed by atoms with Gasteiger partial charge in [-0.15, -0.1) is 0 Å². The van der Waals surface area contributed by atoms with Gasteiger partial charge in [0.25, 0.3) is 5.91 Å². The van der Waals surface area contributed by atoms with Crippen LogP contribution < -0.4 is 0 Å². The fraction of sp³-hybridized carbons (Fsp3) is 0.619. The number of amides is 2. The highest BCUT2D eigenvalue weighted by atomic mass is 16.2. The number of piperidine rings is 2. The van der Waals surface area contributed by atoms with E-state index >= 15 is 0 Å². The molecule has 0 spiro atoms. The second-order valence-corrected chi connectivity index (χ2v) is 7.53. The van der Waals surface area contributed by atoms with Crippen molar-refractivity contribution < 1.29 is 9.59 Å². The smallest absolute Gasteiger partial charge is 0.253 e. The van der Waals surface area contributed by atoms with Gasteiger partial charge in [-0.05, 0) is 57.6 Å². The zero-order valence-corrected chi connectivity index (χ0v) is 15.5. The molecule has 0 aliphatic carbocycles. The number of carbonyl (C=O) groups is 2. The molecule has 0 N–H and O–H groups in total. The van der Waals surface area contributed by atoms with Gasteiger partial charge in [0.05, 0.1) is 0 Å². The van der Waals surface area contributed by atoms with Gasteiger partial charge in [-0.25, -0.2) is 0 Å². The fourth-order valence-electron chi connectivity index (χ4n) is 4.24. The van der Waals surface area contributed by atoms with Crippen molar-refractivity contribution in [1.82, 2.24) is 9.80 Å². The predicted octanol–water partition coefficient (Wildman–Crippen LogP) is 3.64. The summed E-state index contributed by atoms with van der Waals surface area (Å²) in [7, 11) is 0. The summed E-state index contributed by atoms with van der Waals surface area (Å²) in [5.41, 5.74) is 1.86. The van der Waals surface area contributed by atoms with Gasteiger partial charge >= 0.3 is 0 Å². The summed E-state index contributed by atoms with van der Waals surface area (Å²) in [5.74, 6) is 0.516. The summed E-state index contributed by atoms with van der Waals surface area (Å²) in [6, 6.07) is 8.18. The van der Waals surface area contributed by atoms with Crippen molar-refractivity contribution >= 4 is 11.8 Å². The molecular formula is C21H30N2O2. The van der Waals surface area contributed by atoms with E-state index in [4.69, 9.17) is 0 Å². The largest absolute Gasteiger partial charge is 0.339 e. The Bertz CT molecular complexity index is 620. The maximum Gasteiger partial charge on any atom is 0.253 e. The number of hydrogen-bond acceptors (Lipinski definition) is 2. The van der Waals surface area contributed by atoms with Crippen LogP contribution in [-0.4, -0.2) is 47.3 Å². The Kier molecular flexibility index (Phi) is 5.77. The van der Waals surface area contributed by atoms with Crippen molar-refractivity contribution in [2.75, 3.05) is 19.6 Å². The summed E-state index contributed by atoms with van der Waals surface area (Å²) in [6.07, 6.45) is 6.16. The van der Waals surface area contributed by atoms with Gasteiger partial charge < -0.3 is 9.80 Å². The molecule has 2 amide bonds. The highest BCUT2D eigenvalue weighted by Crippen LogP contribution is 2.26. The lowest BCUT2D eigenvalue weighted by molar-refractivity contribution is -0.140. The molecule has 25 heavy (non-hydrogen) atoms. The molecule has 1 aromatic carbocycles. The van der Waals surface area contributed by atoms with Crippen molar-refractivity contribution in [3.8, 4) is 0 Å². The zero-order valence-electron chi connectivity index (χ0n) is 15.5. The quantitative estimate of drug-likeness (QED) is 0.841. The van der Waals surface area contributed by atoms with Gasteiger partial charge in [-0.2, -0.15) is 0 Å². The summed E-state index contributed by atoms with van der Waals surface area (Å²) >= 11 is 0. The molecule has 3 rings (SSSR count). The number of carbonyl (C=O) groups excluding carboxylic acids is 2. The minimum Gasteiger partial charge on any atom is -0.339 e. The molecule has 0 radical (unpaired) electrons. The molecule has 2 aliphatic heterocycles. The van der Waals surface area contributed by atoms with E-state index in [0.29, 0.717) is 25.0 Å². The highest BCUT2D eigenvalue weighted by molar-refractivity contribution is 5.94. The lowest BCUT2D eigenvalue weighted by atomic mass is 9.91. The van der Waals surface area contributed by atoms with Crippen LogP contribution in [0.25, 0.3) is 0 Å². The lowest BCUT2D eigenvalue weighted by Crippen LogP contribution is -2.49. The van der Waals surface area contributed by atoms with E-state index in [0.717, 1.165) is 49.8 Å². The molecule has 2 fully saturated rings. The third kappa shape index (κ3) is 4.05. The topological polar surface area (TPSA) is 40.6 Å². The van der Waals surface area contributed by atoms with Crippen molar-refractivity contribution in [3.05, 3.63) is 35.4 Å². The van der Waals surface area contributed by atoms with Crippen LogP contribution in [-0.2, 0) is 4.79 Å². The molecule has 4 heteroatoms. The Labute approximate surface area is 151 Å². The molecule has 2 saturated heterocycles. The first-order chi connectivity index (χ1) is 12.1. The van der Waals surface area contributed by atoms with E-state index in [2.05, 4.69) is 11.8 Å². The SMILES string of the molecule is CCC1CCCCN1C(=O)C1CCN(C(=O)c2cccc(C)c2)CC1. The van der Waals surface area contributed by atoms with Crippen molar-refractivity contribution in [2.45, 2.75) is 58.4 Å². The third-order valence-corrected chi connectivity index (χ3v) is 5.78. The number of hydrogen-bond donors (Lipinski definition) is 0. The van der Waals surface area contributed by atoms with Crippen molar-refractivity contribution in [3.63, 3.8) is 0 Å². The normalized spacial score (nSPS) is 22.1. The van der Waals surface area contributed by atoms with E-state index < -0.39 is 0 Å². The molecule has 0 saturated carbocycles. The minimum atomic E-state index is 0.0914. The number of aryl methyl sites for hydroxylation is 1. The van der Waals surface area contributed by atoms with E-state index in [1.165, 1.54) is 6.42 Å². The van der Waals surface area contributed by atoms with E-state index in [1.807, 2.05) is 36.1 Å². The second-order valence-electron chi connectivity index (χ2n) is 7.53. The number of likely N-dealkylation sites (tertiary alicyclic amines) is 2. The zero-order chi connectivity index (χ0) is 17.8. The van der Waals surface area contributed by atoms with Gasteiger partial charge in [0.15, 0.2) is 0 Å². The molecule has 1 unspecified atom stereocenters. The molecule has 0 bridgehead atoms. The molecule has 4 nitrogen and oxygen atoms in total. The Hall–Kier alpha value is -1.84. The van der Waals surface area contributed by atoms with Gasteiger partial charge in [-0.1, -0.05) is 24.6 Å². The summed E-state index contributed by atoms with van der Waals surface area (Å²) in [4.78, 5) is 29.6. The monoisotopic (exact) mass is 342 g/mol. The number of benzene rings is 1. The number of rotatable bonds is 3. The lowest BCUT2D eigenvalue weighted by Gasteiger charge is -2.39. The van der Waals surface area contributed by atoms with Crippen molar-refractivity contribution in [2.24, 2.45) is 5.92 Å². The molecular weight excluding hydrogens is 312 g/mol. The fourth-order valence-corrected chi connectivity index (χ4v) is 4.24. The van der Waals surface area contributed by atoms with Crippen LogP contribution >= 0.6 is 0 Å². The maximum atomic E-state index is 12.9. The van der Waals surface area contributed by atoms with Crippen LogP contribution in [0.2, 0.25) is 0 Å². The average molecular weight is 342 g/mol. The number of nitrogens with zero attached hydrogens (tertiary/aromatic N) is 2. The van der Waals surface area contributed by atoms with Gasteiger partial charge in [0.1, 0.15) is 0 Å². The first-order valence-electron chi connectivity index (χ1n) is 9.76. The van der Waals surface area contributed by atoms with E-state index in [1.54, 1.807) is 0 Å². The summed E-state index contributed by atoms with van der Waals surface area (Å²) < 4.78 is 0. The summed E-state index contributed by atoms with van der Waals surface area (Å²) in [5, 5.41) is 0. The second kappa shape index (κ2) is 8.03. The highest BCUT2D eigenvalue weighted by Gasteiger charge is 2.33. The van der Waals surface area contributed by atoms with E-state index in [-0.39, 0.29) is 11.8 Å². The predicted molar refractivity (Wildman–Crippen MR) is 99.4 cm³/mol. The van der Waals surface area contributed by atoms with Crippen molar-refractivity contribution in [1.29, 1.82) is 0 Å². The van der Waals surface area contributed by atoms with Crippen LogP contribution in [0.15, 0.2) is 24.3 Å². The third-order valence-electron chi connectivity index (χ3n) is 5.78. The Morgan fingerprint density at radius 1 is 1.08 bits per heavy atom. The molecule has 0 aromatic heterocycles. The van der Waals surface area contributed by atoms with E-state index in [9.17, 15) is 9.59 Å². The Balaban J connectivity index is 1.58. The maximum absolute atomic E-state index is 12.9. The van der Waals surface area contributed by atoms with Crippen LogP contribution in [0.4, 0.5) is 0 Å². The molecule has 2 aliphatic rings. The first-order valence-corrected chi connectivity index (χ1v) is 9.76. The minimum absolute atomic E-state index is 0.0914. The molecule has 136 valence electrons. The molecule has 1 atom stereocenters. The van der Waals surface area contributed by atoms with Crippen LogP contribution in [0.5, 0.6) is 0 Å². The first kappa shape index (κ1) is 18.0. The van der Waals surface area contributed by atoms with Crippen LogP contribution in [0.3, 0.4) is 0 Å². The van der Waals surface area contributed by atoms with Gasteiger partial charge in [-0.3, -0.25) is 9.59 Å². The Morgan fingerprint density at radius 3 is 2.52 bits per heavy atom. The van der Waals surface area contributed by atoms with Crippen LogP contribution in [0.1, 0.15) is 61.4 Å². The standard InChI is InChI=1S/C21H30N2O2/c1-3-19-9-4-5-12-23(19)21(25)17-10-13-22(14-11-17)20(24)18-8-6-7-16(2)15-18/h6-8,15,17,19H,3-5,9-14H2,1-2H3. The molecule has 2 heterocycles. The Morgan fingerprint density at radius 2 is 1.84 bits per heavy atom. The van der Waals surface area contributed by atoms with Crippen LogP contribution in [0, 0.1) is 12.8 Å². The van der Waals surface area contributed by atoms with Gasteiger partial charge in [0.2, 0.25) is 5.91 Å². The van der Waals surface area contributed by atoms with Gasteiger partial charge in [0, 0.05) is 37.2 Å². The molecule has 1 aromatic rings. The average Bonchev–Trinajstić information content (AvgIpc) is 2.67. The summed E-state index contributed by atoms with van der Waals surface area (Å²) in [6.45, 7) is 6.48.